The molecular formula is C34H41CuN4. The molecule has 5 heteroatoms. The van der Waals surface area contributed by atoms with Crippen LogP contribution in [-0.4, -0.2) is 15.0 Å². The summed E-state index contributed by atoms with van der Waals surface area (Å²) in [5.41, 5.74) is 13.9. The van der Waals surface area contributed by atoms with E-state index >= 15 is 0 Å². The number of fused-ring (bicyclic) bond motifs is 3. The van der Waals surface area contributed by atoms with E-state index in [1.807, 2.05) is 13.8 Å². The second-order valence-electron chi connectivity index (χ2n) is 11.3. The number of nitrogens with zero attached hydrogens (tertiary/aromatic N) is 4. The molecule has 0 amide bonds. The van der Waals surface area contributed by atoms with E-state index in [1.165, 1.54) is 33.0 Å². The molecule has 0 aliphatic rings. The summed E-state index contributed by atoms with van der Waals surface area (Å²) >= 11 is 0. The van der Waals surface area contributed by atoms with Crippen molar-refractivity contribution in [2.75, 3.05) is 0 Å². The van der Waals surface area contributed by atoms with E-state index in [1.54, 1.807) is 0 Å². The minimum Gasteiger partial charge on any atom is -0.664 e. The van der Waals surface area contributed by atoms with Crippen LogP contribution in [0, 0.1) is 41.5 Å². The van der Waals surface area contributed by atoms with E-state index in [0.717, 1.165) is 51.6 Å². The summed E-state index contributed by atoms with van der Waals surface area (Å²) in [6.07, 6.45) is 0.840. The first-order chi connectivity index (χ1) is 17.9. The Hall–Kier alpha value is -3.01. The standard InChI is InChI=1S/C20H24N2.C14H17N2.Cu/c1-11(2)17-9-13(5)15-7-8-16-14(6)10-18(12(3)4)22-20(16)19(15)21-17;1-9-5-6-11(3)15-13(9)8-14-10(2)7-12(4)16-14;/h7-12H,1-6H3;5-7H,8H2,1-4H3;/q;-1;+1. The third-order valence-corrected chi connectivity index (χ3v) is 7.26. The van der Waals surface area contributed by atoms with Crippen molar-refractivity contribution in [3.63, 3.8) is 0 Å². The Balaban J connectivity index is 0.000000220. The van der Waals surface area contributed by atoms with Gasteiger partial charge in [-0.3, -0.25) is 15.0 Å². The third kappa shape index (κ3) is 6.77. The predicted molar refractivity (Wildman–Crippen MR) is 160 cm³/mol. The van der Waals surface area contributed by atoms with Crippen molar-refractivity contribution >= 4 is 21.8 Å². The topological polar surface area (TPSA) is 52.8 Å². The van der Waals surface area contributed by atoms with Crippen LogP contribution in [0.2, 0.25) is 0 Å². The normalized spacial score (nSPS) is 11.2. The van der Waals surface area contributed by atoms with Gasteiger partial charge in [0.15, 0.2) is 0 Å². The van der Waals surface area contributed by atoms with Crippen LogP contribution in [0.1, 0.15) is 95.9 Å². The van der Waals surface area contributed by atoms with E-state index in [2.05, 4.69) is 108 Å². The van der Waals surface area contributed by atoms with Crippen LogP contribution in [0.15, 0.2) is 42.5 Å². The molecule has 0 aliphatic carbocycles. The molecule has 5 aromatic rings. The van der Waals surface area contributed by atoms with E-state index in [0.29, 0.717) is 11.8 Å². The average Bonchev–Trinajstić information content (AvgIpc) is 3.17. The van der Waals surface area contributed by atoms with E-state index < -0.39 is 0 Å². The molecule has 4 aromatic heterocycles. The minimum atomic E-state index is 0. The largest absolute Gasteiger partial charge is 1.00 e. The summed E-state index contributed by atoms with van der Waals surface area (Å²) in [5.74, 6) is 0.848. The first-order valence-electron chi connectivity index (χ1n) is 13.7. The fourth-order valence-corrected chi connectivity index (χ4v) is 4.88. The van der Waals surface area contributed by atoms with Gasteiger partial charge in [0.1, 0.15) is 0 Å². The molecule has 4 nitrogen and oxygen atoms in total. The van der Waals surface area contributed by atoms with Gasteiger partial charge < -0.3 is 4.98 Å². The van der Waals surface area contributed by atoms with Crippen molar-refractivity contribution in [3.05, 3.63) is 98.9 Å². The van der Waals surface area contributed by atoms with Crippen molar-refractivity contribution in [2.24, 2.45) is 0 Å². The summed E-state index contributed by atoms with van der Waals surface area (Å²) < 4.78 is 0. The maximum Gasteiger partial charge on any atom is 1.00 e. The molecule has 208 valence electrons. The molecule has 0 radical (unpaired) electrons. The Kier molecular flexibility index (Phi) is 9.74. The number of aryl methyl sites for hydroxylation is 6. The summed E-state index contributed by atoms with van der Waals surface area (Å²) in [4.78, 5) is 19.0. The van der Waals surface area contributed by atoms with E-state index in [9.17, 15) is 0 Å². The molecule has 4 heterocycles. The second-order valence-corrected chi connectivity index (χ2v) is 11.3. The fraction of sp³-hybridized carbons (Fsp3) is 0.382. The van der Waals surface area contributed by atoms with Gasteiger partial charge in [0, 0.05) is 33.5 Å². The van der Waals surface area contributed by atoms with Crippen molar-refractivity contribution in [3.8, 4) is 0 Å². The first-order valence-corrected chi connectivity index (χ1v) is 13.7. The molecule has 0 bridgehead atoms. The van der Waals surface area contributed by atoms with E-state index in [4.69, 9.17) is 9.97 Å². The average molecular weight is 569 g/mol. The van der Waals surface area contributed by atoms with Crippen LogP contribution in [-0.2, 0) is 23.5 Å². The zero-order chi connectivity index (χ0) is 27.7. The van der Waals surface area contributed by atoms with Crippen molar-refractivity contribution < 1.29 is 17.1 Å². The number of hydrogen-bond acceptors (Lipinski definition) is 3. The van der Waals surface area contributed by atoms with Gasteiger partial charge in [-0.1, -0.05) is 64.4 Å². The second kappa shape index (κ2) is 12.4. The van der Waals surface area contributed by atoms with Gasteiger partial charge in [-0.15, -0.1) is 0 Å². The first kappa shape index (κ1) is 30.5. The molecule has 0 saturated carbocycles. The Morgan fingerprint density at radius 1 is 0.615 bits per heavy atom. The van der Waals surface area contributed by atoms with Crippen LogP contribution in [0.5, 0.6) is 0 Å². The van der Waals surface area contributed by atoms with Gasteiger partial charge in [-0.25, -0.2) is 0 Å². The zero-order valence-electron chi connectivity index (χ0n) is 25.0. The zero-order valence-corrected chi connectivity index (χ0v) is 25.9. The van der Waals surface area contributed by atoms with Gasteiger partial charge in [-0.05, 0) is 87.8 Å². The quantitative estimate of drug-likeness (QED) is 0.161. The maximum absolute atomic E-state index is 4.94. The van der Waals surface area contributed by atoms with Crippen LogP contribution >= 0.6 is 0 Å². The number of benzene rings is 1. The molecule has 0 aliphatic heterocycles. The Morgan fingerprint density at radius 3 is 1.56 bits per heavy atom. The molecule has 0 atom stereocenters. The molecule has 1 aromatic carbocycles. The molecule has 5 rings (SSSR count). The molecule has 0 N–H and O–H groups in total. The van der Waals surface area contributed by atoms with Crippen LogP contribution < -0.4 is 4.98 Å². The molecule has 0 saturated heterocycles. The third-order valence-electron chi connectivity index (χ3n) is 7.26. The van der Waals surface area contributed by atoms with Gasteiger partial charge in [0.25, 0.3) is 0 Å². The molecule has 0 spiro atoms. The number of rotatable bonds is 4. The van der Waals surface area contributed by atoms with Crippen LogP contribution in [0.4, 0.5) is 0 Å². The van der Waals surface area contributed by atoms with Gasteiger partial charge in [0.05, 0.1) is 11.0 Å². The van der Waals surface area contributed by atoms with Crippen LogP contribution in [0.3, 0.4) is 0 Å². The fourth-order valence-electron chi connectivity index (χ4n) is 4.88. The molecule has 39 heavy (non-hydrogen) atoms. The van der Waals surface area contributed by atoms with Crippen LogP contribution in [0.25, 0.3) is 21.8 Å². The predicted octanol–water partition coefficient (Wildman–Crippen LogP) is 8.51. The molecule has 0 fully saturated rings. The summed E-state index contributed by atoms with van der Waals surface area (Å²) in [6, 6.07) is 15.1. The van der Waals surface area contributed by atoms with Gasteiger partial charge in [0.2, 0.25) is 0 Å². The SMILES string of the molecule is Cc1cc(C(C)C)nc2c1ccc1c(C)cc(C(C)C)nc12.Cc1ccc(C)c(Cc2[n-]c(C)cc2C)n1.[Cu+]. The van der Waals surface area contributed by atoms with E-state index in [-0.39, 0.29) is 17.1 Å². The monoisotopic (exact) mass is 568 g/mol. The van der Waals surface area contributed by atoms with Gasteiger partial charge in [-0.2, -0.15) is 11.4 Å². The summed E-state index contributed by atoms with van der Waals surface area (Å²) in [6.45, 7) is 21.4. The Morgan fingerprint density at radius 2 is 1.13 bits per heavy atom. The Labute approximate surface area is 244 Å². The summed E-state index contributed by atoms with van der Waals surface area (Å²) in [7, 11) is 0. The smallest absolute Gasteiger partial charge is 0.664 e. The van der Waals surface area contributed by atoms with Crippen molar-refractivity contribution in [1.82, 2.24) is 19.9 Å². The molecular weight excluding hydrogens is 528 g/mol. The number of aromatic nitrogens is 4. The number of hydrogen-bond donors (Lipinski definition) is 0. The summed E-state index contributed by atoms with van der Waals surface area (Å²) in [5, 5.41) is 2.43. The molecule has 0 unspecified atom stereocenters. The maximum atomic E-state index is 4.94. The van der Waals surface area contributed by atoms with Crippen molar-refractivity contribution in [2.45, 2.75) is 87.5 Å². The number of pyridine rings is 3. The van der Waals surface area contributed by atoms with Crippen molar-refractivity contribution in [1.29, 1.82) is 0 Å². The minimum absolute atomic E-state index is 0. The Bertz CT molecular complexity index is 1540. The van der Waals surface area contributed by atoms with Gasteiger partial charge >= 0.3 is 17.1 Å².